The molecule has 0 atom stereocenters. The van der Waals surface area contributed by atoms with Crippen LogP contribution in [0.4, 0.5) is 10.1 Å². The molecule has 0 aliphatic carbocycles. The van der Waals surface area contributed by atoms with Crippen molar-refractivity contribution >= 4 is 28.2 Å². The smallest absolute Gasteiger partial charge is 0.125 e. The number of aromatic amines is 1. The molecule has 0 aliphatic rings. The second kappa shape index (κ2) is 4.94. The molecule has 0 aliphatic heterocycles. The summed E-state index contributed by atoms with van der Waals surface area (Å²) in [4.78, 5) is 3.16. The van der Waals surface area contributed by atoms with Gasteiger partial charge in [0.2, 0.25) is 0 Å². The number of fused-ring (bicyclic) bond motifs is 1. The third-order valence-corrected chi connectivity index (χ3v) is 3.41. The van der Waals surface area contributed by atoms with Crippen LogP contribution >= 0.6 is 11.6 Å². The molecular formula is C15H12ClFN2. The summed E-state index contributed by atoms with van der Waals surface area (Å²) < 4.78 is 13.2. The van der Waals surface area contributed by atoms with Crippen LogP contribution in [-0.2, 0) is 6.54 Å². The number of nitrogens with one attached hydrogen (secondary N) is 2. The van der Waals surface area contributed by atoms with E-state index in [2.05, 4.69) is 10.3 Å². The van der Waals surface area contributed by atoms with E-state index < -0.39 is 0 Å². The lowest BCUT2D eigenvalue weighted by Gasteiger charge is -2.09. The van der Waals surface area contributed by atoms with Crippen LogP contribution in [0.2, 0.25) is 5.02 Å². The largest absolute Gasteiger partial charge is 0.380 e. The van der Waals surface area contributed by atoms with Crippen LogP contribution in [0.15, 0.2) is 48.7 Å². The average Bonchev–Trinajstić information content (AvgIpc) is 2.88. The molecule has 1 aromatic heterocycles. The standard InChI is InChI=1S/C15H12ClFN2/c16-13-5-4-11(17)8-15(13)19-9-10-2-1-3-14-12(10)6-7-18-14/h1-8,18-19H,9H2. The van der Waals surface area contributed by atoms with E-state index in [1.165, 1.54) is 12.1 Å². The molecule has 96 valence electrons. The molecule has 3 rings (SSSR count). The van der Waals surface area contributed by atoms with Crippen LogP contribution in [-0.4, -0.2) is 4.98 Å². The maximum Gasteiger partial charge on any atom is 0.125 e. The molecule has 0 amide bonds. The van der Waals surface area contributed by atoms with Gasteiger partial charge >= 0.3 is 0 Å². The van der Waals surface area contributed by atoms with Crippen molar-refractivity contribution in [2.75, 3.05) is 5.32 Å². The molecule has 0 saturated heterocycles. The highest BCUT2D eigenvalue weighted by Gasteiger charge is 2.04. The van der Waals surface area contributed by atoms with Gasteiger partial charge in [0.25, 0.3) is 0 Å². The molecule has 0 fully saturated rings. The Morgan fingerprint density at radius 3 is 2.95 bits per heavy atom. The zero-order valence-corrected chi connectivity index (χ0v) is 10.8. The minimum absolute atomic E-state index is 0.299. The molecular weight excluding hydrogens is 263 g/mol. The minimum atomic E-state index is -0.299. The fourth-order valence-corrected chi connectivity index (χ4v) is 2.31. The Hall–Kier alpha value is -2.00. The van der Waals surface area contributed by atoms with Gasteiger partial charge in [-0.25, -0.2) is 4.39 Å². The highest BCUT2D eigenvalue weighted by molar-refractivity contribution is 6.33. The second-order valence-corrected chi connectivity index (χ2v) is 4.74. The molecule has 2 nitrogen and oxygen atoms in total. The van der Waals surface area contributed by atoms with Crippen molar-refractivity contribution in [3.8, 4) is 0 Å². The Kier molecular flexibility index (Phi) is 3.13. The molecule has 0 radical (unpaired) electrons. The lowest BCUT2D eigenvalue weighted by Crippen LogP contribution is -2.00. The zero-order chi connectivity index (χ0) is 13.2. The summed E-state index contributed by atoms with van der Waals surface area (Å²) in [6, 6.07) is 12.4. The summed E-state index contributed by atoms with van der Waals surface area (Å²) in [5.41, 5.74) is 2.83. The molecule has 2 aromatic carbocycles. The quantitative estimate of drug-likeness (QED) is 0.719. The fourth-order valence-electron chi connectivity index (χ4n) is 2.13. The molecule has 0 saturated carbocycles. The first-order valence-electron chi connectivity index (χ1n) is 5.98. The Morgan fingerprint density at radius 1 is 1.16 bits per heavy atom. The normalized spacial score (nSPS) is 10.8. The van der Waals surface area contributed by atoms with Gasteiger partial charge in [-0.05, 0) is 35.9 Å². The van der Waals surface area contributed by atoms with Crippen molar-refractivity contribution in [1.82, 2.24) is 4.98 Å². The van der Waals surface area contributed by atoms with Gasteiger partial charge in [-0.3, -0.25) is 0 Å². The van der Waals surface area contributed by atoms with E-state index in [0.717, 1.165) is 16.5 Å². The highest BCUT2D eigenvalue weighted by atomic mass is 35.5. The van der Waals surface area contributed by atoms with E-state index in [1.54, 1.807) is 6.07 Å². The van der Waals surface area contributed by atoms with Gasteiger partial charge < -0.3 is 10.3 Å². The zero-order valence-electron chi connectivity index (χ0n) is 10.1. The first-order valence-corrected chi connectivity index (χ1v) is 6.36. The Labute approximate surface area is 115 Å². The second-order valence-electron chi connectivity index (χ2n) is 4.33. The Balaban J connectivity index is 1.86. The number of anilines is 1. The van der Waals surface area contributed by atoms with Crippen LogP contribution < -0.4 is 5.32 Å². The topological polar surface area (TPSA) is 27.8 Å². The monoisotopic (exact) mass is 274 g/mol. The van der Waals surface area contributed by atoms with Gasteiger partial charge in [-0.1, -0.05) is 23.7 Å². The summed E-state index contributed by atoms with van der Waals surface area (Å²) in [7, 11) is 0. The first-order chi connectivity index (χ1) is 9.24. The third kappa shape index (κ3) is 2.42. The van der Waals surface area contributed by atoms with Crippen LogP contribution in [0.5, 0.6) is 0 Å². The van der Waals surface area contributed by atoms with Crippen molar-refractivity contribution < 1.29 is 4.39 Å². The number of benzene rings is 2. The molecule has 2 N–H and O–H groups in total. The third-order valence-electron chi connectivity index (χ3n) is 3.08. The summed E-state index contributed by atoms with van der Waals surface area (Å²) >= 11 is 6.02. The van der Waals surface area contributed by atoms with Crippen LogP contribution in [0.1, 0.15) is 5.56 Å². The van der Waals surface area contributed by atoms with E-state index in [1.807, 2.05) is 30.5 Å². The summed E-state index contributed by atoms with van der Waals surface area (Å²) in [6.07, 6.45) is 1.91. The number of hydrogen-bond acceptors (Lipinski definition) is 1. The van der Waals surface area contributed by atoms with Crippen molar-refractivity contribution in [1.29, 1.82) is 0 Å². The van der Waals surface area contributed by atoms with E-state index >= 15 is 0 Å². The number of rotatable bonds is 3. The van der Waals surface area contributed by atoms with Crippen molar-refractivity contribution in [3.05, 3.63) is 65.1 Å². The molecule has 0 spiro atoms. The maximum atomic E-state index is 13.2. The van der Waals surface area contributed by atoms with Gasteiger partial charge in [0, 0.05) is 23.6 Å². The number of hydrogen-bond donors (Lipinski definition) is 2. The van der Waals surface area contributed by atoms with Gasteiger partial charge in [-0.2, -0.15) is 0 Å². The van der Waals surface area contributed by atoms with E-state index in [4.69, 9.17) is 11.6 Å². The highest BCUT2D eigenvalue weighted by Crippen LogP contribution is 2.24. The Bertz CT molecular complexity index is 721. The summed E-state index contributed by atoms with van der Waals surface area (Å²) in [5, 5.41) is 4.84. The minimum Gasteiger partial charge on any atom is -0.380 e. The maximum absolute atomic E-state index is 13.2. The predicted molar refractivity (Wildman–Crippen MR) is 77.0 cm³/mol. The van der Waals surface area contributed by atoms with Gasteiger partial charge in [-0.15, -0.1) is 0 Å². The lowest BCUT2D eigenvalue weighted by molar-refractivity contribution is 0.628. The fraction of sp³-hybridized carbons (Fsp3) is 0.0667. The Morgan fingerprint density at radius 2 is 2.05 bits per heavy atom. The number of halogens is 2. The van der Waals surface area contributed by atoms with Crippen LogP contribution in [0.3, 0.4) is 0 Å². The average molecular weight is 275 g/mol. The number of aromatic nitrogens is 1. The van der Waals surface area contributed by atoms with Gasteiger partial charge in [0.1, 0.15) is 5.82 Å². The first kappa shape index (κ1) is 12.1. The lowest BCUT2D eigenvalue weighted by atomic mass is 10.1. The van der Waals surface area contributed by atoms with E-state index in [0.29, 0.717) is 17.3 Å². The van der Waals surface area contributed by atoms with Crippen molar-refractivity contribution in [2.45, 2.75) is 6.54 Å². The van der Waals surface area contributed by atoms with Crippen LogP contribution in [0, 0.1) is 5.82 Å². The molecule has 1 heterocycles. The van der Waals surface area contributed by atoms with Crippen molar-refractivity contribution in [3.63, 3.8) is 0 Å². The molecule has 3 aromatic rings. The van der Waals surface area contributed by atoms with E-state index in [-0.39, 0.29) is 5.82 Å². The van der Waals surface area contributed by atoms with Gasteiger partial charge in [0.05, 0.1) is 10.7 Å². The van der Waals surface area contributed by atoms with Gasteiger partial charge in [0.15, 0.2) is 0 Å². The molecule has 0 bridgehead atoms. The predicted octanol–water partition coefficient (Wildman–Crippen LogP) is 4.57. The number of H-pyrrole nitrogens is 1. The van der Waals surface area contributed by atoms with E-state index in [9.17, 15) is 4.39 Å². The molecule has 0 unspecified atom stereocenters. The summed E-state index contributed by atoms with van der Waals surface area (Å²) in [5.74, 6) is -0.299. The SMILES string of the molecule is Fc1ccc(Cl)c(NCc2cccc3[nH]ccc23)c1. The van der Waals surface area contributed by atoms with Crippen molar-refractivity contribution in [2.24, 2.45) is 0 Å². The molecule has 19 heavy (non-hydrogen) atoms. The molecule has 4 heteroatoms. The van der Waals surface area contributed by atoms with Crippen LogP contribution in [0.25, 0.3) is 10.9 Å². The summed E-state index contributed by atoms with van der Waals surface area (Å²) in [6.45, 7) is 0.596.